The van der Waals surface area contributed by atoms with E-state index in [1.165, 1.54) is 11.3 Å². The van der Waals surface area contributed by atoms with Gasteiger partial charge in [0.05, 0.1) is 11.5 Å². The molecule has 0 fully saturated rings. The first-order valence-electron chi connectivity index (χ1n) is 6.05. The molecule has 0 amide bonds. The van der Waals surface area contributed by atoms with Crippen LogP contribution in [0.3, 0.4) is 0 Å². The first-order chi connectivity index (χ1) is 8.82. The predicted molar refractivity (Wildman–Crippen MR) is 74.9 cm³/mol. The van der Waals surface area contributed by atoms with Gasteiger partial charge in [0.25, 0.3) is 0 Å². The fraction of sp³-hybridized carbons (Fsp3) is 0.583. The molecule has 0 N–H and O–H groups in total. The van der Waals surface area contributed by atoms with Crippen molar-refractivity contribution in [3.63, 3.8) is 0 Å². The van der Waals surface area contributed by atoms with Crippen LogP contribution in [-0.2, 0) is 19.6 Å². The van der Waals surface area contributed by atoms with Crippen LogP contribution in [-0.4, -0.2) is 38.4 Å². The average Bonchev–Trinajstić information content (AvgIpc) is 2.66. The number of esters is 1. The number of likely N-dealkylation sites (N-methyl/N-ethyl adjacent to an activating group) is 1. The van der Waals surface area contributed by atoms with Crippen LogP contribution in [0.4, 0.5) is 0 Å². The van der Waals surface area contributed by atoms with E-state index in [2.05, 4.69) is 0 Å². The largest absolute Gasteiger partial charge is 0.465 e. The van der Waals surface area contributed by atoms with E-state index in [0.29, 0.717) is 0 Å². The molecule has 108 valence electrons. The van der Waals surface area contributed by atoms with Crippen LogP contribution >= 0.6 is 11.3 Å². The van der Waals surface area contributed by atoms with Crippen LogP contribution in [0.15, 0.2) is 11.0 Å². The third-order valence-corrected chi connectivity index (χ3v) is 5.72. The molecule has 0 saturated heterocycles. The van der Waals surface area contributed by atoms with Gasteiger partial charge in [-0.25, -0.2) is 8.42 Å². The lowest BCUT2D eigenvalue weighted by Gasteiger charge is -2.19. The second kappa shape index (κ2) is 6.49. The maximum absolute atomic E-state index is 12.5. The van der Waals surface area contributed by atoms with E-state index in [1.807, 2.05) is 6.92 Å². The fourth-order valence-corrected chi connectivity index (χ4v) is 4.64. The first-order valence-corrected chi connectivity index (χ1v) is 8.31. The third-order valence-electron chi connectivity index (χ3n) is 2.58. The highest BCUT2D eigenvalue weighted by Gasteiger charge is 2.28. The number of carbonyl (C=O) groups is 1. The number of carbonyl (C=O) groups excluding carboxylic acids is 1. The van der Waals surface area contributed by atoms with Gasteiger partial charge in [-0.2, -0.15) is 4.31 Å². The Morgan fingerprint density at radius 2 is 2.00 bits per heavy atom. The minimum atomic E-state index is -3.63. The second-order valence-electron chi connectivity index (χ2n) is 4.01. The van der Waals surface area contributed by atoms with Crippen LogP contribution in [0.5, 0.6) is 0 Å². The summed E-state index contributed by atoms with van der Waals surface area (Å²) in [6.45, 7) is 7.24. The number of thiophene rings is 1. The van der Waals surface area contributed by atoms with Crippen LogP contribution < -0.4 is 0 Å². The Hall–Kier alpha value is -0.920. The van der Waals surface area contributed by atoms with Crippen molar-refractivity contribution in [1.29, 1.82) is 0 Å². The Labute approximate surface area is 118 Å². The van der Waals surface area contributed by atoms with Crippen molar-refractivity contribution < 1.29 is 17.9 Å². The molecule has 1 aromatic heterocycles. The summed E-state index contributed by atoms with van der Waals surface area (Å²) in [6.07, 6.45) is 0. The quantitative estimate of drug-likeness (QED) is 0.753. The maximum atomic E-state index is 12.5. The molecule has 0 saturated carbocycles. The molecule has 1 rings (SSSR count). The molecule has 0 aliphatic carbocycles. The fourth-order valence-electron chi connectivity index (χ4n) is 1.72. The molecule has 7 heteroatoms. The Kier molecular flexibility index (Phi) is 5.51. The van der Waals surface area contributed by atoms with Crippen LogP contribution in [0.1, 0.15) is 23.6 Å². The molecule has 0 aromatic carbocycles. The van der Waals surface area contributed by atoms with Crippen molar-refractivity contribution in [1.82, 2.24) is 4.31 Å². The predicted octanol–water partition coefficient (Wildman–Crippen LogP) is 1.94. The topological polar surface area (TPSA) is 63.7 Å². The third kappa shape index (κ3) is 3.77. The summed E-state index contributed by atoms with van der Waals surface area (Å²) in [4.78, 5) is 13.4. The van der Waals surface area contributed by atoms with E-state index >= 15 is 0 Å². The summed E-state index contributed by atoms with van der Waals surface area (Å²) in [5, 5.41) is 0. The van der Waals surface area contributed by atoms with E-state index in [0.717, 1.165) is 14.1 Å². The maximum Gasteiger partial charge on any atom is 0.321 e. The van der Waals surface area contributed by atoms with Crippen molar-refractivity contribution in [3.05, 3.63) is 15.8 Å². The van der Waals surface area contributed by atoms with Gasteiger partial charge in [-0.05, 0) is 26.8 Å². The molecule has 0 spiro atoms. The summed E-state index contributed by atoms with van der Waals surface area (Å²) in [7, 11) is -3.63. The number of nitrogens with zero attached hydrogens (tertiary/aromatic N) is 1. The minimum Gasteiger partial charge on any atom is -0.465 e. The molecule has 0 unspecified atom stereocenters. The van der Waals surface area contributed by atoms with E-state index in [-0.39, 0.29) is 24.6 Å². The Balaban J connectivity index is 3.02. The summed E-state index contributed by atoms with van der Waals surface area (Å²) < 4.78 is 30.9. The molecule has 0 atom stereocenters. The van der Waals surface area contributed by atoms with E-state index in [4.69, 9.17) is 4.74 Å². The molecular formula is C12H19NO4S2. The second-order valence-corrected chi connectivity index (χ2v) is 7.38. The van der Waals surface area contributed by atoms with Crippen LogP contribution in [0, 0.1) is 13.8 Å². The van der Waals surface area contributed by atoms with Crippen LogP contribution in [0.2, 0.25) is 0 Å². The lowest BCUT2D eigenvalue weighted by Crippen LogP contribution is -2.36. The lowest BCUT2D eigenvalue weighted by atomic mass is 10.4. The number of rotatable bonds is 6. The molecule has 0 aliphatic rings. The molecule has 1 aromatic rings. The number of aryl methyl sites for hydroxylation is 2. The standard InChI is InChI=1S/C12H19NO4S2/c1-5-13(8-12(14)17-6-2)19(15,16)11-7-9(3)18-10(11)4/h7H,5-6,8H2,1-4H3. The van der Waals surface area contributed by atoms with Gasteiger partial charge in [0.15, 0.2) is 0 Å². The highest BCUT2D eigenvalue weighted by molar-refractivity contribution is 7.89. The molecule has 19 heavy (non-hydrogen) atoms. The molecule has 1 heterocycles. The highest BCUT2D eigenvalue weighted by Crippen LogP contribution is 2.27. The van der Waals surface area contributed by atoms with Gasteiger partial charge in [-0.3, -0.25) is 4.79 Å². The monoisotopic (exact) mass is 305 g/mol. The van der Waals surface area contributed by atoms with Crippen molar-refractivity contribution in [3.8, 4) is 0 Å². The zero-order chi connectivity index (χ0) is 14.6. The average molecular weight is 305 g/mol. The van der Waals surface area contributed by atoms with Crippen molar-refractivity contribution in [2.75, 3.05) is 19.7 Å². The molecule has 0 radical (unpaired) electrons. The molecule has 0 aliphatic heterocycles. The van der Waals surface area contributed by atoms with Gasteiger partial charge in [-0.15, -0.1) is 11.3 Å². The SMILES string of the molecule is CCOC(=O)CN(CC)S(=O)(=O)c1cc(C)sc1C. The number of ether oxygens (including phenoxy) is 1. The number of sulfonamides is 1. The van der Waals surface area contributed by atoms with Gasteiger partial charge in [-0.1, -0.05) is 6.92 Å². The van der Waals surface area contributed by atoms with Gasteiger partial charge in [0.2, 0.25) is 10.0 Å². The van der Waals surface area contributed by atoms with E-state index < -0.39 is 16.0 Å². The summed E-state index contributed by atoms with van der Waals surface area (Å²) >= 11 is 1.43. The van der Waals surface area contributed by atoms with Gasteiger partial charge in [0, 0.05) is 16.3 Å². The molecular weight excluding hydrogens is 286 g/mol. The van der Waals surface area contributed by atoms with Gasteiger partial charge in [0.1, 0.15) is 6.54 Å². The van der Waals surface area contributed by atoms with Crippen LogP contribution in [0.25, 0.3) is 0 Å². The van der Waals surface area contributed by atoms with Crippen molar-refractivity contribution in [2.45, 2.75) is 32.6 Å². The Morgan fingerprint density at radius 1 is 1.37 bits per heavy atom. The summed E-state index contributed by atoms with van der Waals surface area (Å²) in [6, 6.07) is 1.64. The number of hydrogen-bond acceptors (Lipinski definition) is 5. The number of hydrogen-bond donors (Lipinski definition) is 0. The Bertz CT molecular complexity index is 548. The zero-order valence-corrected chi connectivity index (χ0v) is 13.2. The van der Waals surface area contributed by atoms with Gasteiger partial charge >= 0.3 is 5.97 Å². The van der Waals surface area contributed by atoms with E-state index in [9.17, 15) is 13.2 Å². The van der Waals surface area contributed by atoms with Gasteiger partial charge < -0.3 is 4.74 Å². The van der Waals surface area contributed by atoms with Crippen molar-refractivity contribution in [2.24, 2.45) is 0 Å². The Morgan fingerprint density at radius 3 is 2.42 bits per heavy atom. The highest BCUT2D eigenvalue weighted by atomic mass is 32.2. The first kappa shape index (κ1) is 16.1. The van der Waals surface area contributed by atoms with Crippen molar-refractivity contribution >= 4 is 27.3 Å². The minimum absolute atomic E-state index is 0.232. The summed E-state index contributed by atoms with van der Waals surface area (Å²) in [5.74, 6) is -0.530. The summed E-state index contributed by atoms with van der Waals surface area (Å²) in [5.41, 5.74) is 0. The lowest BCUT2D eigenvalue weighted by molar-refractivity contribution is -0.143. The molecule has 0 bridgehead atoms. The normalized spacial score (nSPS) is 11.8. The molecule has 5 nitrogen and oxygen atoms in total. The van der Waals surface area contributed by atoms with E-state index in [1.54, 1.807) is 26.8 Å². The smallest absolute Gasteiger partial charge is 0.321 e. The zero-order valence-electron chi connectivity index (χ0n) is 11.6.